The summed E-state index contributed by atoms with van der Waals surface area (Å²) in [5.41, 5.74) is 2.74. The standard InChI is InChI=1S/C16H22N4O/c21-16(19-12-6-10-20-9-2-5-14(12)20)11-3-1-4-13-15(11)18-8-7-17-13/h1,3-4,12,14,17-18H,2,5-10H2,(H,19,21). The Hall–Kier alpha value is -1.75. The number of carbonyl (C=O) groups excluding carboxylic acids is 1. The summed E-state index contributed by atoms with van der Waals surface area (Å²) in [6.45, 7) is 4.08. The van der Waals surface area contributed by atoms with Gasteiger partial charge in [0.1, 0.15) is 0 Å². The van der Waals surface area contributed by atoms with E-state index in [0.29, 0.717) is 12.1 Å². The molecule has 1 amide bonds. The molecule has 2 unspecified atom stereocenters. The minimum absolute atomic E-state index is 0.0572. The molecule has 21 heavy (non-hydrogen) atoms. The van der Waals surface area contributed by atoms with Gasteiger partial charge in [0.15, 0.2) is 0 Å². The molecule has 0 aromatic heterocycles. The van der Waals surface area contributed by atoms with Crippen molar-refractivity contribution in [3.63, 3.8) is 0 Å². The van der Waals surface area contributed by atoms with Crippen molar-refractivity contribution in [1.82, 2.24) is 10.2 Å². The molecule has 1 aromatic rings. The fraction of sp³-hybridized carbons (Fsp3) is 0.562. The smallest absolute Gasteiger partial charge is 0.253 e. The summed E-state index contributed by atoms with van der Waals surface area (Å²) in [6, 6.07) is 6.75. The van der Waals surface area contributed by atoms with Gasteiger partial charge in [0.05, 0.1) is 16.9 Å². The number of anilines is 2. The number of para-hydroxylation sites is 1. The van der Waals surface area contributed by atoms with Gasteiger partial charge in [0.2, 0.25) is 0 Å². The number of benzene rings is 1. The number of hydrogen-bond acceptors (Lipinski definition) is 4. The number of hydrogen-bond donors (Lipinski definition) is 3. The van der Waals surface area contributed by atoms with Gasteiger partial charge >= 0.3 is 0 Å². The summed E-state index contributed by atoms with van der Waals surface area (Å²) >= 11 is 0. The maximum Gasteiger partial charge on any atom is 0.253 e. The molecule has 0 radical (unpaired) electrons. The van der Waals surface area contributed by atoms with Crippen LogP contribution in [0.25, 0.3) is 0 Å². The first-order chi connectivity index (χ1) is 10.3. The molecule has 112 valence electrons. The molecule has 0 saturated carbocycles. The van der Waals surface area contributed by atoms with Crippen LogP contribution in [0, 0.1) is 0 Å². The van der Waals surface area contributed by atoms with Gasteiger partial charge in [-0.05, 0) is 37.9 Å². The molecule has 2 saturated heterocycles. The van der Waals surface area contributed by atoms with E-state index >= 15 is 0 Å². The monoisotopic (exact) mass is 286 g/mol. The Bertz CT molecular complexity index is 559. The first kappa shape index (κ1) is 13.0. The van der Waals surface area contributed by atoms with Crippen molar-refractivity contribution in [3.05, 3.63) is 23.8 Å². The molecule has 3 aliphatic rings. The molecule has 3 heterocycles. The van der Waals surface area contributed by atoms with Gasteiger partial charge in [0.25, 0.3) is 5.91 Å². The van der Waals surface area contributed by atoms with Gasteiger partial charge < -0.3 is 16.0 Å². The van der Waals surface area contributed by atoms with E-state index in [1.54, 1.807) is 0 Å². The molecule has 3 aliphatic heterocycles. The van der Waals surface area contributed by atoms with Crippen molar-refractivity contribution in [2.45, 2.75) is 31.3 Å². The largest absolute Gasteiger partial charge is 0.382 e. The zero-order valence-electron chi connectivity index (χ0n) is 12.2. The highest BCUT2D eigenvalue weighted by atomic mass is 16.1. The van der Waals surface area contributed by atoms with Crippen LogP contribution in [0.1, 0.15) is 29.6 Å². The number of rotatable bonds is 2. The van der Waals surface area contributed by atoms with Gasteiger partial charge in [0, 0.05) is 31.7 Å². The fourth-order valence-corrected chi connectivity index (χ4v) is 3.96. The zero-order chi connectivity index (χ0) is 14.2. The van der Waals surface area contributed by atoms with Gasteiger partial charge in [-0.25, -0.2) is 0 Å². The van der Waals surface area contributed by atoms with E-state index in [2.05, 4.69) is 20.9 Å². The molecule has 3 N–H and O–H groups in total. The van der Waals surface area contributed by atoms with E-state index in [4.69, 9.17) is 0 Å². The Morgan fingerprint density at radius 3 is 3.05 bits per heavy atom. The third kappa shape index (κ3) is 2.25. The lowest BCUT2D eigenvalue weighted by atomic mass is 10.0. The number of amides is 1. The summed E-state index contributed by atoms with van der Waals surface area (Å²) in [5.74, 6) is 0.0572. The third-order valence-electron chi connectivity index (χ3n) is 4.97. The molecule has 1 aromatic carbocycles. The van der Waals surface area contributed by atoms with Crippen LogP contribution in [0.4, 0.5) is 11.4 Å². The van der Waals surface area contributed by atoms with Crippen molar-refractivity contribution >= 4 is 17.3 Å². The maximum absolute atomic E-state index is 12.7. The second-order valence-electron chi connectivity index (χ2n) is 6.20. The number of fused-ring (bicyclic) bond motifs is 2. The van der Waals surface area contributed by atoms with Crippen LogP contribution in [0.3, 0.4) is 0 Å². The zero-order valence-corrected chi connectivity index (χ0v) is 12.2. The van der Waals surface area contributed by atoms with Crippen LogP contribution in [0.2, 0.25) is 0 Å². The van der Waals surface area contributed by atoms with Crippen LogP contribution in [-0.4, -0.2) is 49.1 Å². The molecule has 0 bridgehead atoms. The van der Waals surface area contributed by atoms with Gasteiger partial charge in [-0.3, -0.25) is 9.69 Å². The summed E-state index contributed by atoms with van der Waals surface area (Å²) in [4.78, 5) is 15.2. The van der Waals surface area contributed by atoms with E-state index in [-0.39, 0.29) is 5.91 Å². The topological polar surface area (TPSA) is 56.4 Å². The minimum Gasteiger partial charge on any atom is -0.382 e. The van der Waals surface area contributed by atoms with Crippen molar-refractivity contribution in [2.24, 2.45) is 0 Å². The van der Waals surface area contributed by atoms with Crippen LogP contribution in [-0.2, 0) is 0 Å². The average Bonchev–Trinajstić information content (AvgIpc) is 3.12. The highest BCUT2D eigenvalue weighted by molar-refractivity contribution is 6.03. The fourth-order valence-electron chi connectivity index (χ4n) is 3.96. The number of carbonyl (C=O) groups is 1. The molecule has 2 atom stereocenters. The molecule has 2 fully saturated rings. The molecular weight excluding hydrogens is 264 g/mol. The van der Waals surface area contributed by atoms with Crippen molar-refractivity contribution in [1.29, 1.82) is 0 Å². The Morgan fingerprint density at radius 1 is 1.19 bits per heavy atom. The lowest BCUT2D eigenvalue weighted by molar-refractivity contribution is 0.0930. The summed E-state index contributed by atoms with van der Waals surface area (Å²) < 4.78 is 0. The molecular formula is C16H22N4O. The normalized spacial score (nSPS) is 27.4. The summed E-state index contributed by atoms with van der Waals surface area (Å²) in [5, 5.41) is 9.96. The van der Waals surface area contributed by atoms with E-state index in [1.807, 2.05) is 18.2 Å². The number of nitrogens with zero attached hydrogens (tertiary/aromatic N) is 1. The van der Waals surface area contributed by atoms with Gasteiger partial charge in [-0.2, -0.15) is 0 Å². The Labute approximate surface area is 125 Å². The van der Waals surface area contributed by atoms with Gasteiger partial charge in [-0.15, -0.1) is 0 Å². The second-order valence-corrected chi connectivity index (χ2v) is 6.20. The lowest BCUT2D eigenvalue weighted by Gasteiger charge is -2.24. The van der Waals surface area contributed by atoms with E-state index in [0.717, 1.165) is 43.0 Å². The Kier molecular flexibility index (Phi) is 3.22. The van der Waals surface area contributed by atoms with Crippen LogP contribution >= 0.6 is 0 Å². The minimum atomic E-state index is 0.0572. The second kappa shape index (κ2) is 5.22. The molecule has 0 spiro atoms. The van der Waals surface area contributed by atoms with Crippen molar-refractivity contribution in [3.8, 4) is 0 Å². The van der Waals surface area contributed by atoms with Crippen LogP contribution < -0.4 is 16.0 Å². The van der Waals surface area contributed by atoms with Crippen LogP contribution in [0.15, 0.2) is 18.2 Å². The lowest BCUT2D eigenvalue weighted by Crippen LogP contribution is -2.42. The Morgan fingerprint density at radius 2 is 2.10 bits per heavy atom. The Balaban J connectivity index is 1.53. The molecule has 5 nitrogen and oxygen atoms in total. The van der Waals surface area contributed by atoms with Crippen LogP contribution in [0.5, 0.6) is 0 Å². The van der Waals surface area contributed by atoms with Gasteiger partial charge in [-0.1, -0.05) is 6.07 Å². The predicted molar refractivity (Wildman–Crippen MR) is 83.9 cm³/mol. The first-order valence-electron chi connectivity index (χ1n) is 7.98. The molecule has 0 aliphatic carbocycles. The van der Waals surface area contributed by atoms with Crippen molar-refractivity contribution in [2.75, 3.05) is 36.8 Å². The van der Waals surface area contributed by atoms with E-state index < -0.39 is 0 Å². The maximum atomic E-state index is 12.7. The quantitative estimate of drug-likeness (QED) is 0.771. The third-order valence-corrected chi connectivity index (χ3v) is 4.97. The van der Waals surface area contributed by atoms with E-state index in [1.165, 1.54) is 19.4 Å². The number of nitrogens with one attached hydrogen (secondary N) is 3. The van der Waals surface area contributed by atoms with Crippen molar-refractivity contribution < 1.29 is 4.79 Å². The SMILES string of the molecule is O=C(NC1CCN2CCCC12)c1cccc2c1NCCN2. The highest BCUT2D eigenvalue weighted by Gasteiger charge is 2.38. The highest BCUT2D eigenvalue weighted by Crippen LogP contribution is 2.30. The molecule has 5 heteroatoms. The van der Waals surface area contributed by atoms with E-state index in [9.17, 15) is 4.79 Å². The molecule has 4 rings (SSSR count). The first-order valence-corrected chi connectivity index (χ1v) is 7.98. The summed E-state index contributed by atoms with van der Waals surface area (Å²) in [6.07, 6.45) is 3.57. The average molecular weight is 286 g/mol. The predicted octanol–water partition coefficient (Wildman–Crippen LogP) is 1.49. The summed E-state index contributed by atoms with van der Waals surface area (Å²) in [7, 11) is 0.